The number of sulfonamides is 1. The van der Waals surface area contributed by atoms with Crippen LogP contribution in [-0.4, -0.2) is 37.0 Å². The summed E-state index contributed by atoms with van der Waals surface area (Å²) in [5.74, 6) is 0. The average Bonchev–Trinajstić information content (AvgIpc) is 2.36. The van der Waals surface area contributed by atoms with Gasteiger partial charge in [0.05, 0.1) is 11.0 Å². The van der Waals surface area contributed by atoms with Crippen molar-refractivity contribution in [3.05, 3.63) is 22.8 Å². The first kappa shape index (κ1) is 15.3. The summed E-state index contributed by atoms with van der Waals surface area (Å²) in [6.45, 7) is 6.14. The van der Waals surface area contributed by atoms with E-state index in [1.54, 1.807) is 13.8 Å². The number of hydrogen-bond acceptors (Lipinski definition) is 4. The molecule has 112 valence electrons. The molecule has 1 fully saturated rings. The molecule has 0 aliphatic carbocycles. The molecule has 0 aromatic heterocycles. The van der Waals surface area contributed by atoms with Gasteiger partial charge in [0, 0.05) is 18.8 Å². The Morgan fingerprint density at radius 1 is 1.20 bits per heavy atom. The number of aliphatic hydroxyl groups excluding tert-OH is 1. The van der Waals surface area contributed by atoms with Crippen LogP contribution >= 0.6 is 0 Å². The Hall–Kier alpha value is -1.11. The number of nitrogen functional groups attached to an aromatic ring is 1. The van der Waals surface area contributed by atoms with Gasteiger partial charge in [-0.05, 0) is 50.3 Å². The topological polar surface area (TPSA) is 83.6 Å². The monoisotopic (exact) mass is 298 g/mol. The van der Waals surface area contributed by atoms with Crippen molar-refractivity contribution >= 4 is 15.7 Å². The molecule has 0 radical (unpaired) electrons. The summed E-state index contributed by atoms with van der Waals surface area (Å²) in [4.78, 5) is 0.317. The Morgan fingerprint density at radius 2 is 1.75 bits per heavy atom. The molecule has 0 saturated carbocycles. The summed E-state index contributed by atoms with van der Waals surface area (Å²) in [5.41, 5.74) is 8.75. The number of benzene rings is 1. The molecule has 1 saturated heterocycles. The number of piperidine rings is 1. The number of hydrogen-bond donors (Lipinski definition) is 2. The summed E-state index contributed by atoms with van der Waals surface area (Å²) in [6, 6.07) is 1.81. The molecule has 0 amide bonds. The second-order valence-corrected chi connectivity index (χ2v) is 7.39. The van der Waals surface area contributed by atoms with Crippen LogP contribution in [0.15, 0.2) is 11.0 Å². The number of anilines is 1. The van der Waals surface area contributed by atoms with E-state index >= 15 is 0 Å². The Morgan fingerprint density at radius 3 is 2.30 bits per heavy atom. The lowest BCUT2D eigenvalue weighted by Crippen LogP contribution is -2.40. The van der Waals surface area contributed by atoms with E-state index in [-0.39, 0.29) is 0 Å². The first-order chi connectivity index (χ1) is 9.25. The minimum Gasteiger partial charge on any atom is -0.398 e. The predicted octanol–water partition coefficient (Wildman–Crippen LogP) is 1.34. The summed E-state index contributed by atoms with van der Waals surface area (Å²) >= 11 is 0. The molecule has 0 unspecified atom stereocenters. The fraction of sp³-hybridized carbons (Fsp3) is 0.571. The van der Waals surface area contributed by atoms with Crippen LogP contribution in [0.5, 0.6) is 0 Å². The molecule has 0 spiro atoms. The van der Waals surface area contributed by atoms with E-state index in [1.807, 2.05) is 13.0 Å². The van der Waals surface area contributed by atoms with Gasteiger partial charge in [-0.1, -0.05) is 6.07 Å². The minimum absolute atomic E-state index is 0.317. The largest absolute Gasteiger partial charge is 0.398 e. The summed E-state index contributed by atoms with van der Waals surface area (Å²) in [6.07, 6.45) is 0.573. The number of aliphatic hydroxyl groups is 1. The molecule has 20 heavy (non-hydrogen) atoms. The van der Waals surface area contributed by atoms with Crippen molar-refractivity contribution in [1.82, 2.24) is 4.31 Å². The van der Waals surface area contributed by atoms with Gasteiger partial charge in [-0.2, -0.15) is 4.31 Å². The highest BCUT2D eigenvalue weighted by Crippen LogP contribution is 2.31. The molecule has 2 rings (SSSR count). The van der Waals surface area contributed by atoms with E-state index in [0.29, 0.717) is 42.1 Å². The Balaban J connectivity index is 2.48. The lowest BCUT2D eigenvalue weighted by Gasteiger charge is -2.30. The molecule has 1 aliphatic rings. The first-order valence-electron chi connectivity index (χ1n) is 6.79. The second-order valence-electron chi connectivity index (χ2n) is 5.51. The molecular formula is C14H22N2O3S. The van der Waals surface area contributed by atoms with E-state index in [1.165, 1.54) is 4.31 Å². The number of aryl methyl sites for hydroxylation is 2. The normalized spacial score (nSPS) is 18.4. The van der Waals surface area contributed by atoms with Crippen molar-refractivity contribution in [1.29, 1.82) is 0 Å². The molecule has 0 atom stereocenters. The van der Waals surface area contributed by atoms with Crippen LogP contribution in [0, 0.1) is 20.8 Å². The van der Waals surface area contributed by atoms with E-state index in [2.05, 4.69) is 0 Å². The Kier molecular flexibility index (Phi) is 4.09. The highest BCUT2D eigenvalue weighted by molar-refractivity contribution is 7.89. The van der Waals surface area contributed by atoms with Crippen molar-refractivity contribution in [3.63, 3.8) is 0 Å². The molecule has 3 N–H and O–H groups in total. The third kappa shape index (κ3) is 2.55. The van der Waals surface area contributed by atoms with Gasteiger partial charge in [-0.15, -0.1) is 0 Å². The van der Waals surface area contributed by atoms with Crippen molar-refractivity contribution in [2.24, 2.45) is 0 Å². The lowest BCUT2D eigenvalue weighted by atomic mass is 10.1. The molecule has 5 nitrogen and oxygen atoms in total. The summed E-state index contributed by atoms with van der Waals surface area (Å²) in [5, 5.41) is 9.51. The van der Waals surface area contributed by atoms with E-state index in [4.69, 9.17) is 5.73 Å². The van der Waals surface area contributed by atoms with Gasteiger partial charge in [0.15, 0.2) is 0 Å². The zero-order chi connectivity index (χ0) is 15.1. The Bertz CT molecular complexity index is 618. The van der Waals surface area contributed by atoms with E-state index < -0.39 is 16.1 Å². The molecule has 1 aromatic carbocycles. The lowest BCUT2D eigenvalue weighted by molar-refractivity contribution is 0.113. The summed E-state index contributed by atoms with van der Waals surface area (Å²) < 4.78 is 27.0. The van der Waals surface area contributed by atoms with Crippen LogP contribution in [0.25, 0.3) is 0 Å². The smallest absolute Gasteiger partial charge is 0.243 e. The maximum atomic E-state index is 12.8. The summed E-state index contributed by atoms with van der Waals surface area (Å²) in [7, 11) is -3.54. The second kappa shape index (κ2) is 5.35. The van der Waals surface area contributed by atoms with E-state index in [0.717, 1.165) is 11.1 Å². The molecule has 1 aliphatic heterocycles. The fourth-order valence-electron chi connectivity index (χ4n) is 2.79. The van der Waals surface area contributed by atoms with Gasteiger partial charge in [0.2, 0.25) is 10.0 Å². The van der Waals surface area contributed by atoms with Crippen LogP contribution in [0.1, 0.15) is 29.5 Å². The van der Waals surface area contributed by atoms with Gasteiger partial charge >= 0.3 is 0 Å². The van der Waals surface area contributed by atoms with Gasteiger partial charge < -0.3 is 10.8 Å². The van der Waals surface area contributed by atoms with Gasteiger partial charge in [-0.3, -0.25) is 0 Å². The molecule has 6 heteroatoms. The molecule has 1 heterocycles. The number of nitrogens with zero attached hydrogens (tertiary/aromatic N) is 1. The van der Waals surface area contributed by atoms with E-state index in [9.17, 15) is 13.5 Å². The van der Waals surface area contributed by atoms with Gasteiger partial charge in [-0.25, -0.2) is 8.42 Å². The molecule has 0 bridgehead atoms. The average molecular weight is 298 g/mol. The molecular weight excluding hydrogens is 276 g/mol. The highest BCUT2D eigenvalue weighted by atomic mass is 32.2. The highest BCUT2D eigenvalue weighted by Gasteiger charge is 2.31. The number of rotatable bonds is 2. The zero-order valence-electron chi connectivity index (χ0n) is 12.2. The van der Waals surface area contributed by atoms with Crippen LogP contribution in [0.2, 0.25) is 0 Å². The van der Waals surface area contributed by atoms with Crippen LogP contribution in [0.4, 0.5) is 5.69 Å². The fourth-order valence-corrected chi connectivity index (χ4v) is 4.70. The third-order valence-corrected chi connectivity index (χ3v) is 6.17. The van der Waals surface area contributed by atoms with Crippen molar-refractivity contribution in [3.8, 4) is 0 Å². The third-order valence-electron chi connectivity index (χ3n) is 3.98. The predicted molar refractivity (Wildman–Crippen MR) is 79.1 cm³/mol. The van der Waals surface area contributed by atoms with Crippen molar-refractivity contribution in [2.45, 2.75) is 44.6 Å². The van der Waals surface area contributed by atoms with Crippen molar-refractivity contribution < 1.29 is 13.5 Å². The van der Waals surface area contributed by atoms with Crippen LogP contribution in [0.3, 0.4) is 0 Å². The molecule has 1 aromatic rings. The maximum absolute atomic E-state index is 12.8. The maximum Gasteiger partial charge on any atom is 0.243 e. The number of nitrogens with two attached hydrogens (primary N) is 1. The van der Waals surface area contributed by atoms with Crippen molar-refractivity contribution in [2.75, 3.05) is 18.8 Å². The zero-order valence-corrected chi connectivity index (χ0v) is 13.0. The van der Waals surface area contributed by atoms with Crippen LogP contribution in [-0.2, 0) is 10.0 Å². The quantitative estimate of drug-likeness (QED) is 0.807. The minimum atomic E-state index is -3.54. The van der Waals surface area contributed by atoms with Gasteiger partial charge in [0.1, 0.15) is 0 Å². The van der Waals surface area contributed by atoms with Gasteiger partial charge in [0.25, 0.3) is 0 Å². The first-order valence-corrected chi connectivity index (χ1v) is 8.23. The standard InChI is InChI=1S/C14H22N2O3S/c1-9-8-10(2)14(11(3)13(9)15)20(18,19)16-6-4-12(17)5-7-16/h8,12,17H,4-7,15H2,1-3H3. The Labute approximate surface area is 120 Å². The van der Waals surface area contributed by atoms with Crippen LogP contribution < -0.4 is 5.73 Å². The SMILES string of the molecule is Cc1cc(C)c(S(=O)(=O)N2CCC(O)CC2)c(C)c1N.